The molecule has 0 aliphatic rings. The van der Waals surface area contributed by atoms with Gasteiger partial charge in [0.15, 0.2) is 0 Å². The summed E-state index contributed by atoms with van der Waals surface area (Å²) in [6, 6.07) is 12.7. The maximum atomic E-state index is 12.5. The molecule has 2 aromatic rings. The highest BCUT2D eigenvalue weighted by Crippen LogP contribution is 2.22. The van der Waals surface area contributed by atoms with E-state index in [1.54, 1.807) is 31.2 Å². The topological polar surface area (TPSA) is 66.4 Å². The lowest BCUT2D eigenvalue weighted by molar-refractivity contribution is -0.145. The molecule has 0 spiro atoms. The third kappa shape index (κ3) is 5.33. The van der Waals surface area contributed by atoms with Gasteiger partial charge in [-0.15, -0.1) is 0 Å². The van der Waals surface area contributed by atoms with Crippen LogP contribution in [0.25, 0.3) is 0 Å². The molecule has 2 atom stereocenters. The summed E-state index contributed by atoms with van der Waals surface area (Å²) in [6.07, 6.45) is 0.313. The maximum Gasteiger partial charge on any atom is 0.307 e. The van der Waals surface area contributed by atoms with Gasteiger partial charge in [-0.05, 0) is 50.1 Å². The fourth-order valence-electron chi connectivity index (χ4n) is 2.89. The van der Waals surface area contributed by atoms with Gasteiger partial charge in [-0.25, -0.2) is 0 Å². The second kappa shape index (κ2) is 8.17. The van der Waals surface area contributed by atoms with Gasteiger partial charge in [-0.3, -0.25) is 9.59 Å². The summed E-state index contributed by atoms with van der Waals surface area (Å²) in [7, 11) is 0. The fourth-order valence-corrected chi connectivity index (χ4v) is 3.02. The van der Waals surface area contributed by atoms with Crippen LogP contribution in [0.15, 0.2) is 42.5 Å². The van der Waals surface area contributed by atoms with E-state index < -0.39 is 17.8 Å². The highest BCUT2D eigenvalue weighted by molar-refractivity contribution is 6.30. The second-order valence-electron chi connectivity index (χ2n) is 6.43. The lowest BCUT2D eigenvalue weighted by Crippen LogP contribution is -2.33. The number of amides is 1. The van der Waals surface area contributed by atoms with Crippen LogP contribution in [-0.2, 0) is 16.0 Å². The second-order valence-corrected chi connectivity index (χ2v) is 6.87. The molecule has 4 nitrogen and oxygen atoms in total. The number of hydrogen-bond donors (Lipinski definition) is 2. The number of carbonyl (C=O) groups is 2. The number of rotatable bonds is 6. The first-order chi connectivity index (χ1) is 11.8. The molecule has 0 radical (unpaired) electrons. The Morgan fingerprint density at radius 2 is 1.64 bits per heavy atom. The van der Waals surface area contributed by atoms with Crippen molar-refractivity contribution in [3.05, 3.63) is 64.2 Å². The molecule has 2 N–H and O–H groups in total. The molecule has 0 aliphatic carbocycles. The number of carboxylic acids is 1. The van der Waals surface area contributed by atoms with Gasteiger partial charge in [0.25, 0.3) is 0 Å². The van der Waals surface area contributed by atoms with Gasteiger partial charge < -0.3 is 10.4 Å². The molecule has 25 heavy (non-hydrogen) atoms. The van der Waals surface area contributed by atoms with Crippen molar-refractivity contribution in [3.63, 3.8) is 0 Å². The van der Waals surface area contributed by atoms with Crippen LogP contribution in [0.4, 0.5) is 5.69 Å². The molecule has 2 aromatic carbocycles. The van der Waals surface area contributed by atoms with Gasteiger partial charge in [0.1, 0.15) is 0 Å². The third-order valence-corrected chi connectivity index (χ3v) is 4.44. The van der Waals surface area contributed by atoms with E-state index >= 15 is 0 Å². The first-order valence-electron chi connectivity index (χ1n) is 8.12. The molecule has 132 valence electrons. The average Bonchev–Trinajstić information content (AvgIpc) is 2.53. The zero-order valence-corrected chi connectivity index (χ0v) is 15.3. The summed E-state index contributed by atoms with van der Waals surface area (Å²) in [5.41, 5.74) is 3.68. The van der Waals surface area contributed by atoms with Crippen LogP contribution in [0.5, 0.6) is 0 Å². The molecule has 0 saturated carbocycles. The molecular formula is C20H22ClNO3. The zero-order valence-electron chi connectivity index (χ0n) is 14.5. The van der Waals surface area contributed by atoms with Crippen LogP contribution in [0, 0.1) is 25.7 Å². The van der Waals surface area contributed by atoms with Gasteiger partial charge >= 0.3 is 5.97 Å². The molecule has 1 amide bonds. The van der Waals surface area contributed by atoms with E-state index in [9.17, 15) is 14.7 Å². The van der Waals surface area contributed by atoms with Gasteiger partial charge in [-0.2, -0.15) is 0 Å². The predicted octanol–water partition coefficient (Wildman–Crippen LogP) is 4.47. The van der Waals surface area contributed by atoms with Gasteiger partial charge in [0.05, 0.1) is 5.92 Å². The number of anilines is 1. The Bertz CT molecular complexity index is 751. The SMILES string of the molecule is Cc1cc(C)cc(CC(C(=O)O)C(C)C(=O)Nc2ccc(Cl)cc2)c1. The highest BCUT2D eigenvalue weighted by atomic mass is 35.5. The van der Waals surface area contributed by atoms with Crippen LogP contribution in [0.2, 0.25) is 5.02 Å². The first-order valence-corrected chi connectivity index (χ1v) is 8.50. The lowest BCUT2D eigenvalue weighted by Gasteiger charge is -2.20. The fraction of sp³-hybridized carbons (Fsp3) is 0.300. The Morgan fingerprint density at radius 3 is 2.16 bits per heavy atom. The van der Waals surface area contributed by atoms with Crippen LogP contribution >= 0.6 is 11.6 Å². The van der Waals surface area contributed by atoms with Crippen molar-refractivity contribution >= 4 is 29.2 Å². The third-order valence-electron chi connectivity index (χ3n) is 4.18. The number of aliphatic carboxylic acids is 1. The Labute approximate surface area is 152 Å². The van der Waals surface area contributed by atoms with E-state index in [2.05, 4.69) is 5.32 Å². The van der Waals surface area contributed by atoms with E-state index in [1.165, 1.54) is 0 Å². The molecule has 0 heterocycles. The summed E-state index contributed by atoms with van der Waals surface area (Å²) in [5.74, 6) is -2.76. The molecule has 0 bridgehead atoms. The molecule has 5 heteroatoms. The quantitative estimate of drug-likeness (QED) is 0.799. The van der Waals surface area contributed by atoms with E-state index in [-0.39, 0.29) is 5.91 Å². The zero-order chi connectivity index (χ0) is 18.6. The van der Waals surface area contributed by atoms with E-state index in [0.29, 0.717) is 17.1 Å². The van der Waals surface area contributed by atoms with Gasteiger partial charge in [0.2, 0.25) is 5.91 Å². The highest BCUT2D eigenvalue weighted by Gasteiger charge is 2.30. The first kappa shape index (κ1) is 19.0. The Morgan fingerprint density at radius 1 is 1.08 bits per heavy atom. The van der Waals surface area contributed by atoms with Crippen LogP contribution in [0.3, 0.4) is 0 Å². The lowest BCUT2D eigenvalue weighted by atomic mass is 9.86. The van der Waals surface area contributed by atoms with Crippen molar-refractivity contribution in [2.75, 3.05) is 5.32 Å². The van der Waals surface area contributed by atoms with Gasteiger partial charge in [0, 0.05) is 16.6 Å². The molecule has 0 saturated heterocycles. The smallest absolute Gasteiger partial charge is 0.307 e. The molecule has 0 aromatic heterocycles. The maximum absolute atomic E-state index is 12.5. The van der Waals surface area contributed by atoms with Crippen molar-refractivity contribution in [1.29, 1.82) is 0 Å². The average molecular weight is 360 g/mol. The number of carbonyl (C=O) groups excluding carboxylic acids is 1. The number of nitrogens with one attached hydrogen (secondary N) is 1. The summed E-state index contributed by atoms with van der Waals surface area (Å²) in [6.45, 7) is 5.60. The van der Waals surface area contributed by atoms with Crippen LogP contribution in [0.1, 0.15) is 23.6 Å². The van der Waals surface area contributed by atoms with Gasteiger partial charge in [-0.1, -0.05) is 47.9 Å². The Kier molecular flexibility index (Phi) is 6.21. The molecule has 2 rings (SSSR count). The van der Waals surface area contributed by atoms with Crippen molar-refractivity contribution in [2.24, 2.45) is 11.8 Å². The van der Waals surface area contributed by atoms with Crippen LogP contribution < -0.4 is 5.32 Å². The molecule has 0 aliphatic heterocycles. The minimum absolute atomic E-state index is 0.313. The Balaban J connectivity index is 2.13. The summed E-state index contributed by atoms with van der Waals surface area (Å²) >= 11 is 5.83. The molecular weight excluding hydrogens is 338 g/mol. The van der Waals surface area contributed by atoms with E-state index in [4.69, 9.17) is 11.6 Å². The van der Waals surface area contributed by atoms with Crippen molar-refractivity contribution in [1.82, 2.24) is 0 Å². The number of hydrogen-bond acceptors (Lipinski definition) is 2. The van der Waals surface area contributed by atoms with Crippen molar-refractivity contribution in [2.45, 2.75) is 27.2 Å². The molecule has 2 unspecified atom stereocenters. The minimum Gasteiger partial charge on any atom is -0.481 e. The predicted molar refractivity (Wildman–Crippen MR) is 100.0 cm³/mol. The van der Waals surface area contributed by atoms with Crippen LogP contribution in [-0.4, -0.2) is 17.0 Å². The van der Waals surface area contributed by atoms with E-state index in [0.717, 1.165) is 16.7 Å². The Hall–Kier alpha value is -2.33. The number of carboxylic acid groups (broad SMARTS) is 1. The summed E-state index contributed by atoms with van der Waals surface area (Å²) in [5, 5.41) is 12.9. The van der Waals surface area contributed by atoms with Crippen molar-refractivity contribution < 1.29 is 14.7 Å². The molecule has 0 fully saturated rings. The largest absolute Gasteiger partial charge is 0.481 e. The van der Waals surface area contributed by atoms with E-state index in [1.807, 2.05) is 32.0 Å². The number of halogens is 1. The summed E-state index contributed by atoms with van der Waals surface area (Å²) < 4.78 is 0. The number of aryl methyl sites for hydroxylation is 2. The number of benzene rings is 2. The normalized spacial score (nSPS) is 13.1. The minimum atomic E-state index is -0.974. The van der Waals surface area contributed by atoms with Crippen molar-refractivity contribution in [3.8, 4) is 0 Å². The monoisotopic (exact) mass is 359 g/mol. The standard InChI is InChI=1S/C20H22ClNO3/c1-12-8-13(2)10-15(9-12)11-18(20(24)25)14(3)19(23)22-17-6-4-16(21)5-7-17/h4-10,14,18H,11H2,1-3H3,(H,22,23)(H,24,25). The summed E-state index contributed by atoms with van der Waals surface area (Å²) in [4.78, 5) is 24.2.